The van der Waals surface area contributed by atoms with E-state index in [9.17, 15) is 9.59 Å². The summed E-state index contributed by atoms with van der Waals surface area (Å²) in [6.07, 6.45) is 4.43. The van der Waals surface area contributed by atoms with Gasteiger partial charge >= 0.3 is 5.97 Å². The summed E-state index contributed by atoms with van der Waals surface area (Å²) in [4.78, 5) is 26.3. The summed E-state index contributed by atoms with van der Waals surface area (Å²) in [5.41, 5.74) is -0.0932. The number of aromatic nitrogens is 2. The Kier molecular flexibility index (Phi) is 2.41. The predicted molar refractivity (Wildman–Crippen MR) is 54.9 cm³/mol. The van der Waals surface area contributed by atoms with Gasteiger partial charge in [-0.1, -0.05) is 0 Å². The Balaban J connectivity index is 2.03. The van der Waals surface area contributed by atoms with Crippen molar-refractivity contribution >= 4 is 11.9 Å². The molecule has 2 rings (SSSR count). The minimum Gasteiger partial charge on any atom is -0.481 e. The molecule has 16 heavy (non-hydrogen) atoms. The van der Waals surface area contributed by atoms with Crippen molar-refractivity contribution in [1.82, 2.24) is 14.9 Å². The fourth-order valence-corrected chi connectivity index (χ4v) is 1.67. The highest BCUT2D eigenvalue weighted by Gasteiger charge is 2.46. The quantitative estimate of drug-likeness (QED) is 0.761. The molecule has 0 spiro atoms. The molecular formula is C10H13N3O3. The molecule has 6 heteroatoms. The Morgan fingerprint density at radius 3 is 2.75 bits per heavy atom. The van der Waals surface area contributed by atoms with Gasteiger partial charge in [-0.05, 0) is 12.8 Å². The molecule has 0 aliphatic heterocycles. The van der Waals surface area contributed by atoms with Crippen molar-refractivity contribution in [2.75, 3.05) is 0 Å². The van der Waals surface area contributed by atoms with E-state index in [1.807, 2.05) is 0 Å². The number of aliphatic carboxylic acids is 1. The Morgan fingerprint density at radius 2 is 2.31 bits per heavy atom. The largest absolute Gasteiger partial charge is 0.481 e. The first-order valence-electron chi connectivity index (χ1n) is 5.03. The smallest absolute Gasteiger partial charge is 0.305 e. The number of hydrogen-bond acceptors (Lipinski definition) is 3. The van der Waals surface area contributed by atoms with E-state index in [0.717, 1.165) is 12.8 Å². The van der Waals surface area contributed by atoms with E-state index < -0.39 is 11.5 Å². The summed E-state index contributed by atoms with van der Waals surface area (Å²) in [7, 11) is 1.72. The van der Waals surface area contributed by atoms with Crippen LogP contribution in [0.2, 0.25) is 0 Å². The highest BCUT2D eigenvalue weighted by molar-refractivity contribution is 5.93. The van der Waals surface area contributed by atoms with Crippen LogP contribution in [0.15, 0.2) is 12.5 Å². The molecule has 1 aromatic rings. The van der Waals surface area contributed by atoms with Crippen LogP contribution in [0.1, 0.15) is 29.8 Å². The van der Waals surface area contributed by atoms with Crippen LogP contribution in [0.4, 0.5) is 0 Å². The third kappa shape index (κ3) is 2.05. The van der Waals surface area contributed by atoms with Gasteiger partial charge < -0.3 is 15.0 Å². The third-order valence-corrected chi connectivity index (χ3v) is 2.77. The predicted octanol–water partition coefficient (Wildman–Crippen LogP) is 0.157. The number of carbonyl (C=O) groups is 2. The van der Waals surface area contributed by atoms with Gasteiger partial charge in [0.15, 0.2) is 0 Å². The second-order valence-electron chi connectivity index (χ2n) is 4.19. The number of hydrogen-bond donors (Lipinski definition) is 2. The normalized spacial score (nSPS) is 16.8. The zero-order chi connectivity index (χ0) is 11.8. The Hall–Kier alpha value is -1.85. The van der Waals surface area contributed by atoms with E-state index >= 15 is 0 Å². The van der Waals surface area contributed by atoms with E-state index in [2.05, 4.69) is 10.3 Å². The molecule has 0 aromatic carbocycles. The number of imidazole rings is 1. The number of carboxylic acid groups (broad SMARTS) is 1. The molecular weight excluding hydrogens is 210 g/mol. The Bertz CT molecular complexity index is 434. The molecule has 0 bridgehead atoms. The average molecular weight is 223 g/mol. The van der Waals surface area contributed by atoms with Crippen LogP contribution in [0, 0.1) is 0 Å². The summed E-state index contributed by atoms with van der Waals surface area (Å²) < 4.78 is 1.60. The van der Waals surface area contributed by atoms with Crippen molar-refractivity contribution in [3.05, 3.63) is 18.2 Å². The van der Waals surface area contributed by atoms with Gasteiger partial charge in [-0.25, -0.2) is 4.98 Å². The number of aryl methyl sites for hydroxylation is 1. The molecule has 1 aliphatic rings. The highest BCUT2D eigenvalue weighted by atomic mass is 16.4. The number of amides is 1. The summed E-state index contributed by atoms with van der Waals surface area (Å²) in [5, 5.41) is 11.5. The molecule has 1 heterocycles. The highest BCUT2D eigenvalue weighted by Crippen LogP contribution is 2.38. The molecule has 0 saturated heterocycles. The van der Waals surface area contributed by atoms with Gasteiger partial charge in [0.25, 0.3) is 5.91 Å². The SMILES string of the molecule is Cn1cncc1C(=O)NC1(CC(=O)O)CC1. The lowest BCUT2D eigenvalue weighted by Gasteiger charge is -2.14. The summed E-state index contributed by atoms with van der Waals surface area (Å²) >= 11 is 0. The molecule has 2 N–H and O–H groups in total. The van der Waals surface area contributed by atoms with Crippen LogP contribution in [0.25, 0.3) is 0 Å². The maximum atomic E-state index is 11.8. The van der Waals surface area contributed by atoms with Gasteiger partial charge in [0, 0.05) is 7.05 Å². The first kappa shape index (κ1) is 10.7. The van der Waals surface area contributed by atoms with Gasteiger partial charge in [-0.2, -0.15) is 0 Å². The van der Waals surface area contributed by atoms with Crippen LogP contribution in [0.5, 0.6) is 0 Å². The van der Waals surface area contributed by atoms with E-state index in [-0.39, 0.29) is 12.3 Å². The number of nitrogens with one attached hydrogen (secondary N) is 1. The lowest BCUT2D eigenvalue weighted by molar-refractivity contribution is -0.137. The lowest BCUT2D eigenvalue weighted by atomic mass is 10.2. The molecule has 1 fully saturated rings. The zero-order valence-electron chi connectivity index (χ0n) is 8.93. The van der Waals surface area contributed by atoms with Crippen molar-refractivity contribution in [1.29, 1.82) is 0 Å². The van der Waals surface area contributed by atoms with Crippen molar-refractivity contribution in [2.24, 2.45) is 7.05 Å². The maximum absolute atomic E-state index is 11.8. The molecule has 86 valence electrons. The zero-order valence-corrected chi connectivity index (χ0v) is 8.93. The minimum atomic E-state index is -0.886. The molecule has 0 atom stereocenters. The van der Waals surface area contributed by atoms with Crippen LogP contribution < -0.4 is 5.32 Å². The first-order chi connectivity index (χ1) is 7.52. The van der Waals surface area contributed by atoms with E-state index in [1.165, 1.54) is 12.5 Å². The van der Waals surface area contributed by atoms with E-state index in [0.29, 0.717) is 5.69 Å². The number of nitrogens with zero attached hydrogens (tertiary/aromatic N) is 2. The third-order valence-electron chi connectivity index (χ3n) is 2.77. The molecule has 6 nitrogen and oxygen atoms in total. The van der Waals surface area contributed by atoms with Crippen LogP contribution in [0.3, 0.4) is 0 Å². The van der Waals surface area contributed by atoms with Gasteiger partial charge in [-0.15, -0.1) is 0 Å². The minimum absolute atomic E-state index is 0.0173. The van der Waals surface area contributed by atoms with Gasteiger partial charge in [0.1, 0.15) is 5.69 Å². The molecule has 0 radical (unpaired) electrons. The molecule has 1 saturated carbocycles. The van der Waals surface area contributed by atoms with Crippen molar-refractivity contribution in [3.8, 4) is 0 Å². The van der Waals surface area contributed by atoms with Crippen molar-refractivity contribution < 1.29 is 14.7 Å². The number of carbonyl (C=O) groups excluding carboxylic acids is 1. The van der Waals surface area contributed by atoms with Crippen LogP contribution >= 0.6 is 0 Å². The topological polar surface area (TPSA) is 84.2 Å². The summed E-state index contributed by atoms with van der Waals surface area (Å²) in [6.45, 7) is 0. The number of rotatable bonds is 4. The second kappa shape index (κ2) is 3.62. The molecule has 1 aliphatic carbocycles. The van der Waals surface area contributed by atoms with E-state index in [4.69, 9.17) is 5.11 Å². The van der Waals surface area contributed by atoms with Crippen LogP contribution in [-0.2, 0) is 11.8 Å². The van der Waals surface area contributed by atoms with E-state index in [1.54, 1.807) is 11.6 Å². The maximum Gasteiger partial charge on any atom is 0.305 e. The monoisotopic (exact) mass is 223 g/mol. The molecule has 1 amide bonds. The summed E-state index contributed by atoms with van der Waals surface area (Å²) in [6, 6.07) is 0. The first-order valence-corrected chi connectivity index (χ1v) is 5.03. The Labute approximate surface area is 92.3 Å². The number of carboxylic acids is 1. The van der Waals surface area contributed by atoms with Crippen molar-refractivity contribution in [2.45, 2.75) is 24.8 Å². The van der Waals surface area contributed by atoms with Crippen molar-refractivity contribution in [3.63, 3.8) is 0 Å². The summed E-state index contributed by atoms with van der Waals surface area (Å²) in [5.74, 6) is -1.15. The molecule has 0 unspecified atom stereocenters. The van der Waals surface area contributed by atoms with Crippen LogP contribution in [-0.4, -0.2) is 32.1 Å². The fourth-order valence-electron chi connectivity index (χ4n) is 1.67. The van der Waals surface area contributed by atoms with Gasteiger partial charge in [0.2, 0.25) is 0 Å². The average Bonchev–Trinajstić information content (AvgIpc) is 2.76. The molecule has 1 aromatic heterocycles. The second-order valence-corrected chi connectivity index (χ2v) is 4.19. The van der Waals surface area contributed by atoms with Gasteiger partial charge in [0.05, 0.1) is 24.5 Å². The Morgan fingerprint density at radius 1 is 1.62 bits per heavy atom. The van der Waals surface area contributed by atoms with Gasteiger partial charge in [-0.3, -0.25) is 9.59 Å². The fraction of sp³-hybridized carbons (Fsp3) is 0.500. The standard InChI is InChI=1S/C10H13N3O3/c1-13-6-11-5-7(13)9(16)12-10(2-3-10)4-8(14)15/h5-6H,2-4H2,1H3,(H,12,16)(H,14,15). The lowest BCUT2D eigenvalue weighted by Crippen LogP contribution is -2.39.